The number of H-pyrrole nitrogens is 2. The van der Waals surface area contributed by atoms with Crippen molar-refractivity contribution >= 4 is 17.1 Å². The Balaban J connectivity index is 1.67. The predicted octanol–water partition coefficient (Wildman–Crippen LogP) is 3.29. The molecule has 0 fully saturated rings. The molecular formula is C23H21FN4O3. The number of aromatic hydroxyl groups is 1. The Kier molecular flexibility index (Phi) is 5.53. The van der Waals surface area contributed by atoms with Gasteiger partial charge in [0.2, 0.25) is 5.88 Å². The molecule has 1 atom stereocenters. The molecule has 4 rings (SSSR count). The summed E-state index contributed by atoms with van der Waals surface area (Å²) in [6.45, 7) is 1.99. The van der Waals surface area contributed by atoms with Gasteiger partial charge in [0.25, 0.3) is 5.56 Å². The van der Waals surface area contributed by atoms with Gasteiger partial charge in [-0.05, 0) is 48.7 Å². The molecule has 4 aromatic rings. The van der Waals surface area contributed by atoms with E-state index in [0.29, 0.717) is 12.8 Å². The molecule has 8 heteroatoms. The van der Waals surface area contributed by atoms with Gasteiger partial charge in [0.15, 0.2) is 0 Å². The fourth-order valence-electron chi connectivity index (χ4n) is 3.52. The highest BCUT2D eigenvalue weighted by molar-refractivity contribution is 5.84. The number of nitrogens with one attached hydrogen (secondary N) is 2. The lowest BCUT2D eigenvalue weighted by Gasteiger charge is -2.11. The molecule has 158 valence electrons. The van der Waals surface area contributed by atoms with E-state index in [1.807, 2.05) is 37.4 Å². The van der Waals surface area contributed by atoms with Crippen LogP contribution in [0.5, 0.6) is 5.88 Å². The maximum Gasteiger partial charge on any atom is 0.335 e. The van der Waals surface area contributed by atoms with E-state index in [1.54, 1.807) is 0 Å². The van der Waals surface area contributed by atoms with E-state index in [-0.39, 0.29) is 17.3 Å². The summed E-state index contributed by atoms with van der Waals surface area (Å²) in [4.78, 5) is 34.4. The summed E-state index contributed by atoms with van der Waals surface area (Å²) in [7, 11) is 0. The lowest BCUT2D eigenvalue weighted by atomic mass is 10.0. The number of hydrogen-bond donors (Lipinski definition) is 3. The SMILES string of the molecule is CCC(Cc1c[nH]c2ccccc12)N=Cc1c(O)n(-c2ccc(F)cc2)c(=O)[nH]c1=O. The first-order valence-electron chi connectivity index (χ1n) is 9.90. The van der Waals surface area contributed by atoms with Gasteiger partial charge in [0, 0.05) is 23.3 Å². The van der Waals surface area contributed by atoms with Crippen LogP contribution in [0.3, 0.4) is 0 Å². The van der Waals surface area contributed by atoms with Crippen molar-refractivity contribution in [1.82, 2.24) is 14.5 Å². The summed E-state index contributed by atoms with van der Waals surface area (Å²) in [5, 5.41) is 11.7. The van der Waals surface area contributed by atoms with E-state index in [1.165, 1.54) is 18.3 Å². The lowest BCUT2D eigenvalue weighted by Crippen LogP contribution is -2.31. The molecule has 31 heavy (non-hydrogen) atoms. The second-order valence-electron chi connectivity index (χ2n) is 7.21. The van der Waals surface area contributed by atoms with E-state index in [2.05, 4.69) is 15.0 Å². The van der Waals surface area contributed by atoms with Crippen LogP contribution in [0.15, 0.2) is 69.3 Å². The second-order valence-corrected chi connectivity index (χ2v) is 7.21. The van der Waals surface area contributed by atoms with Gasteiger partial charge >= 0.3 is 5.69 Å². The van der Waals surface area contributed by atoms with Crippen LogP contribution >= 0.6 is 0 Å². The van der Waals surface area contributed by atoms with Crippen LogP contribution in [0.2, 0.25) is 0 Å². The highest BCUT2D eigenvalue weighted by Gasteiger charge is 2.15. The van der Waals surface area contributed by atoms with E-state index in [0.717, 1.165) is 33.2 Å². The summed E-state index contributed by atoms with van der Waals surface area (Å²) in [5.74, 6) is -1.03. The molecule has 0 saturated carbocycles. The second kappa shape index (κ2) is 8.43. The quantitative estimate of drug-likeness (QED) is 0.417. The van der Waals surface area contributed by atoms with Crippen LogP contribution in [-0.2, 0) is 6.42 Å². The lowest BCUT2D eigenvalue weighted by molar-refractivity contribution is 0.430. The van der Waals surface area contributed by atoms with Crippen LogP contribution < -0.4 is 11.2 Å². The zero-order valence-corrected chi connectivity index (χ0v) is 16.8. The fourth-order valence-corrected chi connectivity index (χ4v) is 3.52. The van der Waals surface area contributed by atoms with Gasteiger partial charge in [0.1, 0.15) is 11.4 Å². The van der Waals surface area contributed by atoms with Crippen LogP contribution in [0.1, 0.15) is 24.5 Å². The standard InChI is InChI=1S/C23H21FN4O3/c1-2-16(11-14-12-26-20-6-4-3-5-18(14)20)25-13-19-21(29)27-23(31)28(22(19)30)17-9-7-15(24)8-10-17/h3-10,12-13,16,26,30H,2,11H2,1H3,(H,27,29,31). The molecule has 3 N–H and O–H groups in total. The minimum Gasteiger partial charge on any atom is -0.493 e. The molecule has 0 aliphatic carbocycles. The van der Waals surface area contributed by atoms with Gasteiger partial charge < -0.3 is 10.1 Å². The Morgan fingerprint density at radius 1 is 1.16 bits per heavy atom. The van der Waals surface area contributed by atoms with Crippen LogP contribution in [0.25, 0.3) is 16.6 Å². The van der Waals surface area contributed by atoms with E-state index >= 15 is 0 Å². The van der Waals surface area contributed by atoms with Crippen LogP contribution in [0.4, 0.5) is 4.39 Å². The zero-order chi connectivity index (χ0) is 22.0. The number of hydrogen-bond acceptors (Lipinski definition) is 4. The van der Waals surface area contributed by atoms with Gasteiger partial charge in [-0.15, -0.1) is 0 Å². The first-order chi connectivity index (χ1) is 15.0. The number of rotatable bonds is 6. The molecule has 2 heterocycles. The predicted molar refractivity (Wildman–Crippen MR) is 118 cm³/mol. The fraction of sp³-hybridized carbons (Fsp3) is 0.174. The smallest absolute Gasteiger partial charge is 0.335 e. The molecule has 0 spiro atoms. The number of aromatic nitrogens is 3. The van der Waals surface area contributed by atoms with Gasteiger partial charge in [-0.25, -0.2) is 13.8 Å². The van der Waals surface area contributed by atoms with Gasteiger partial charge in [-0.1, -0.05) is 25.1 Å². The minimum absolute atomic E-state index is 0.135. The molecule has 1 unspecified atom stereocenters. The molecule has 0 aliphatic rings. The molecule has 7 nitrogen and oxygen atoms in total. The number of fused-ring (bicyclic) bond motifs is 1. The summed E-state index contributed by atoms with van der Waals surface area (Å²) in [6.07, 6.45) is 4.60. The van der Waals surface area contributed by atoms with Crippen molar-refractivity contribution in [3.05, 3.63) is 92.5 Å². The molecule has 2 aromatic carbocycles. The summed E-state index contributed by atoms with van der Waals surface area (Å²) in [6, 6.07) is 12.8. The summed E-state index contributed by atoms with van der Waals surface area (Å²) < 4.78 is 14.1. The molecule has 0 aliphatic heterocycles. The first kappa shape index (κ1) is 20.3. The average Bonchev–Trinajstić information content (AvgIpc) is 3.16. The monoisotopic (exact) mass is 420 g/mol. The highest BCUT2D eigenvalue weighted by Crippen LogP contribution is 2.21. The van der Waals surface area contributed by atoms with Gasteiger partial charge in [-0.3, -0.25) is 14.8 Å². The number of aromatic amines is 2. The van der Waals surface area contributed by atoms with Gasteiger partial charge in [0.05, 0.1) is 11.7 Å². The third-order valence-electron chi connectivity index (χ3n) is 5.22. The molecular weight excluding hydrogens is 399 g/mol. The Bertz CT molecular complexity index is 1370. The Morgan fingerprint density at radius 3 is 2.65 bits per heavy atom. The Hall–Kier alpha value is -3.94. The minimum atomic E-state index is -0.822. The number of nitrogens with zero attached hydrogens (tertiary/aromatic N) is 2. The van der Waals surface area contributed by atoms with Crippen molar-refractivity contribution in [2.24, 2.45) is 4.99 Å². The molecule has 2 aromatic heterocycles. The third-order valence-corrected chi connectivity index (χ3v) is 5.22. The van der Waals surface area contributed by atoms with Crippen molar-refractivity contribution in [1.29, 1.82) is 0 Å². The van der Waals surface area contributed by atoms with Crippen LogP contribution in [0, 0.1) is 5.82 Å². The zero-order valence-electron chi connectivity index (χ0n) is 16.8. The van der Waals surface area contributed by atoms with Crippen molar-refractivity contribution in [3.8, 4) is 11.6 Å². The largest absolute Gasteiger partial charge is 0.493 e. The number of benzene rings is 2. The van der Waals surface area contributed by atoms with Crippen LogP contribution in [-0.4, -0.2) is 31.9 Å². The van der Waals surface area contributed by atoms with E-state index < -0.39 is 22.9 Å². The van der Waals surface area contributed by atoms with Crippen molar-refractivity contribution < 1.29 is 9.50 Å². The summed E-state index contributed by atoms with van der Waals surface area (Å²) in [5.41, 5.74) is 0.663. The Morgan fingerprint density at radius 2 is 1.90 bits per heavy atom. The normalized spacial score (nSPS) is 12.6. The Labute approximate surface area is 176 Å². The maximum absolute atomic E-state index is 13.2. The van der Waals surface area contributed by atoms with E-state index in [4.69, 9.17) is 0 Å². The van der Waals surface area contributed by atoms with Gasteiger partial charge in [-0.2, -0.15) is 0 Å². The van der Waals surface area contributed by atoms with Crippen molar-refractivity contribution in [2.75, 3.05) is 0 Å². The van der Waals surface area contributed by atoms with Crippen molar-refractivity contribution in [2.45, 2.75) is 25.8 Å². The first-order valence-corrected chi connectivity index (χ1v) is 9.90. The molecule has 0 saturated heterocycles. The van der Waals surface area contributed by atoms with Crippen molar-refractivity contribution in [3.63, 3.8) is 0 Å². The number of halogens is 1. The topological polar surface area (TPSA) is 103 Å². The molecule has 0 amide bonds. The number of para-hydroxylation sites is 1. The average molecular weight is 420 g/mol. The van der Waals surface area contributed by atoms with E-state index in [9.17, 15) is 19.1 Å². The third kappa shape index (κ3) is 4.05. The molecule has 0 bridgehead atoms. The molecule has 0 radical (unpaired) electrons. The summed E-state index contributed by atoms with van der Waals surface area (Å²) >= 11 is 0. The highest BCUT2D eigenvalue weighted by atomic mass is 19.1. The number of aliphatic imine (C=N–C) groups is 1. The maximum atomic E-state index is 13.2.